The number of hydrogen-bond donors (Lipinski definition) is 6. The number of hydrogen-bond acceptors (Lipinski definition) is 12. The molecule has 0 aliphatic rings. The number of pyridine rings is 2. The van der Waals surface area contributed by atoms with Crippen LogP contribution in [0.25, 0.3) is 28.0 Å². The molecular formula is C68H64N10O5. The molecule has 8 N–H and O–H groups in total. The van der Waals surface area contributed by atoms with Crippen LogP contribution in [-0.2, 0) is 6.42 Å². The van der Waals surface area contributed by atoms with E-state index in [-0.39, 0.29) is 23.7 Å². The molecule has 0 bridgehead atoms. The van der Waals surface area contributed by atoms with E-state index in [1.165, 1.54) is 5.56 Å². The van der Waals surface area contributed by atoms with Gasteiger partial charge in [-0.2, -0.15) is 4.98 Å². The number of methoxy groups -OCH3 is 2. The van der Waals surface area contributed by atoms with E-state index in [0.717, 1.165) is 73.0 Å². The topological polar surface area (TPSA) is 221 Å². The van der Waals surface area contributed by atoms with Crippen molar-refractivity contribution in [1.29, 1.82) is 0 Å². The van der Waals surface area contributed by atoms with Crippen molar-refractivity contribution in [3.8, 4) is 33.8 Å². The van der Waals surface area contributed by atoms with Crippen molar-refractivity contribution < 1.29 is 23.9 Å². The maximum atomic E-state index is 12.3. The molecule has 0 saturated carbocycles. The average Bonchev–Trinajstić information content (AvgIpc) is 3.60. The summed E-state index contributed by atoms with van der Waals surface area (Å²) in [5, 5.41) is 11.8. The minimum absolute atomic E-state index is 0.0924. The van der Waals surface area contributed by atoms with Crippen LogP contribution in [0.3, 0.4) is 0 Å². The van der Waals surface area contributed by atoms with Gasteiger partial charge in [0.15, 0.2) is 11.5 Å². The number of nitrogens with zero attached hydrogens (tertiary/aromatic N) is 4. The molecule has 3 heterocycles. The lowest BCUT2D eigenvalue weighted by Crippen LogP contribution is -2.15. The van der Waals surface area contributed by atoms with E-state index in [4.69, 9.17) is 20.9 Å². The fraction of sp³-hybridized carbons (Fsp3) is 0.103. The Hall–Kier alpha value is -10.9. The monoisotopic (exact) mass is 1100 g/mol. The highest BCUT2D eigenvalue weighted by atomic mass is 16.5. The lowest BCUT2D eigenvalue weighted by atomic mass is 9.97. The second-order valence-electron chi connectivity index (χ2n) is 19.3. The Bertz CT molecular complexity index is 3810. The summed E-state index contributed by atoms with van der Waals surface area (Å²) >= 11 is 0. The minimum atomic E-state index is -0.282. The van der Waals surface area contributed by atoms with Gasteiger partial charge >= 0.3 is 0 Å². The Morgan fingerprint density at radius 2 is 0.964 bits per heavy atom. The molecule has 0 atom stereocenters. The second kappa shape index (κ2) is 27.8. The fourth-order valence-electron chi connectivity index (χ4n) is 8.58. The number of ether oxygens (including phenoxy) is 2. The van der Waals surface area contributed by atoms with Gasteiger partial charge in [0.2, 0.25) is 5.95 Å². The highest BCUT2D eigenvalue weighted by Gasteiger charge is 2.17. The Balaban J connectivity index is 0.000000168. The predicted molar refractivity (Wildman–Crippen MR) is 334 cm³/mol. The normalized spacial score (nSPS) is 10.4. The van der Waals surface area contributed by atoms with Crippen molar-refractivity contribution in [2.24, 2.45) is 0 Å². The third-order valence-corrected chi connectivity index (χ3v) is 12.9. The van der Waals surface area contributed by atoms with Crippen LogP contribution >= 0.6 is 0 Å². The average molecular weight is 1100 g/mol. The summed E-state index contributed by atoms with van der Waals surface area (Å²) in [5.41, 5.74) is 26.6. The summed E-state index contributed by atoms with van der Waals surface area (Å²) in [6.45, 7) is 12.0. The number of nitrogens with one attached hydrogen (secondary N) is 4. The maximum Gasteiger partial charge on any atom is 0.256 e. The SMILES string of the molecule is C=C(Nc1cccc(-c2cc(Cc3cnc(N)nc3N)cc(OC)c2OC)c1)c1ccc(C)cc1.Cc1ccc(C(=O)Nc2cccc(-c3ccccc3)c2)cc1.Cc1cccc(NC(=O)c2ccc(C(=O)Nc3cccc(C)n3)cc2)n1. The van der Waals surface area contributed by atoms with Crippen molar-refractivity contribution in [2.75, 3.05) is 47.0 Å². The van der Waals surface area contributed by atoms with Crippen LogP contribution < -0.4 is 42.2 Å². The standard InChI is InChI=1S/C28H29N5O2.C20H18N4O2.C20H17NO/c1-17-8-10-20(11-9-17)18(2)32-23-7-5-6-21(15-23)24-13-19(14-25(34-3)26(24)35-4)12-22-16-31-28(30)33-27(22)29;1-13-5-3-7-17(21-13)23-19(25)15-9-11-16(12-10-15)20(26)24-18-8-4-6-14(2)22-18;1-15-10-12-17(13-11-15)20(22)21-19-9-5-8-18(14-19)16-6-3-2-4-7-16/h5-11,13-16,32H,2,12H2,1,3-4H3,(H4,29,30,31,33);3-12H,1-2H3,(H,21,23,25)(H,22,24,26);2-14H,1H3,(H,21,22). The van der Waals surface area contributed by atoms with E-state index >= 15 is 0 Å². The lowest BCUT2D eigenvalue weighted by molar-refractivity contribution is 0.101. The second-order valence-corrected chi connectivity index (χ2v) is 19.3. The molecule has 7 aromatic carbocycles. The molecule has 0 radical (unpaired) electrons. The molecule has 0 aliphatic heterocycles. The van der Waals surface area contributed by atoms with Crippen molar-refractivity contribution in [3.63, 3.8) is 0 Å². The van der Waals surface area contributed by atoms with E-state index < -0.39 is 0 Å². The number of nitrogens with two attached hydrogens (primary N) is 2. The van der Waals surface area contributed by atoms with Gasteiger partial charge in [-0.3, -0.25) is 14.4 Å². The number of aromatic nitrogens is 4. The van der Waals surface area contributed by atoms with Crippen LogP contribution in [0.2, 0.25) is 0 Å². The van der Waals surface area contributed by atoms with Crippen molar-refractivity contribution in [3.05, 3.63) is 269 Å². The maximum absolute atomic E-state index is 12.3. The number of amides is 3. The summed E-state index contributed by atoms with van der Waals surface area (Å²) in [7, 11) is 3.25. The van der Waals surface area contributed by atoms with Crippen molar-refractivity contribution in [1.82, 2.24) is 19.9 Å². The van der Waals surface area contributed by atoms with Crippen LogP contribution in [-0.4, -0.2) is 51.9 Å². The van der Waals surface area contributed by atoms with Crippen LogP contribution in [0.4, 0.5) is 34.8 Å². The molecule has 15 nitrogen and oxygen atoms in total. The molecule has 3 aromatic heterocycles. The molecule has 0 unspecified atom stereocenters. The van der Waals surface area contributed by atoms with Crippen LogP contribution in [0.15, 0.2) is 213 Å². The van der Waals surface area contributed by atoms with Gasteiger partial charge in [-0.1, -0.05) is 121 Å². The first-order valence-electron chi connectivity index (χ1n) is 26.5. The van der Waals surface area contributed by atoms with E-state index in [1.807, 2.05) is 136 Å². The fourth-order valence-corrected chi connectivity index (χ4v) is 8.58. The molecular weight excluding hydrogens is 1040 g/mol. The van der Waals surface area contributed by atoms with Gasteiger partial charge in [-0.25, -0.2) is 15.0 Å². The van der Waals surface area contributed by atoms with Crippen LogP contribution in [0.5, 0.6) is 11.5 Å². The summed E-state index contributed by atoms with van der Waals surface area (Å²) in [6.07, 6.45) is 2.16. The molecule has 0 spiro atoms. The Kier molecular flexibility index (Phi) is 19.5. The van der Waals surface area contributed by atoms with E-state index in [9.17, 15) is 14.4 Å². The van der Waals surface area contributed by atoms with Crippen LogP contribution in [0.1, 0.15) is 70.3 Å². The quantitative estimate of drug-likeness (QED) is 0.0564. The first kappa shape index (κ1) is 58.2. The van der Waals surface area contributed by atoms with Gasteiger partial charge in [-0.05, 0) is 153 Å². The number of carbonyl (C=O) groups excluding carboxylic acids is 3. The summed E-state index contributed by atoms with van der Waals surface area (Å²) in [4.78, 5) is 53.4. The largest absolute Gasteiger partial charge is 0.493 e. The Morgan fingerprint density at radius 3 is 1.49 bits per heavy atom. The van der Waals surface area contributed by atoms with Crippen molar-refractivity contribution >= 4 is 58.2 Å². The number of benzene rings is 7. The molecule has 0 aliphatic carbocycles. The highest BCUT2D eigenvalue weighted by molar-refractivity contribution is 6.07. The van der Waals surface area contributed by atoms with Gasteiger partial charge in [-0.15, -0.1) is 0 Å². The third kappa shape index (κ3) is 16.3. The Morgan fingerprint density at radius 1 is 0.482 bits per heavy atom. The van der Waals surface area contributed by atoms with E-state index in [0.29, 0.717) is 52.1 Å². The smallest absolute Gasteiger partial charge is 0.256 e. The van der Waals surface area contributed by atoms with E-state index in [1.54, 1.807) is 56.8 Å². The number of aryl methyl sites for hydroxylation is 4. The van der Waals surface area contributed by atoms with Gasteiger partial charge in [0.05, 0.1) is 14.2 Å². The van der Waals surface area contributed by atoms with Gasteiger partial charge in [0.1, 0.15) is 17.5 Å². The molecule has 15 heteroatoms. The van der Waals surface area contributed by atoms with Gasteiger partial charge < -0.3 is 42.2 Å². The summed E-state index contributed by atoms with van der Waals surface area (Å²) < 4.78 is 11.4. The highest BCUT2D eigenvalue weighted by Crippen LogP contribution is 2.41. The summed E-state index contributed by atoms with van der Waals surface area (Å²) in [5.74, 6) is 2.09. The molecule has 83 heavy (non-hydrogen) atoms. The zero-order valence-corrected chi connectivity index (χ0v) is 47.0. The molecule has 0 fully saturated rings. The number of carbonyl (C=O) groups is 3. The number of anilines is 6. The van der Waals surface area contributed by atoms with Crippen molar-refractivity contribution in [2.45, 2.75) is 34.1 Å². The zero-order chi connectivity index (χ0) is 58.8. The third-order valence-electron chi connectivity index (χ3n) is 12.9. The van der Waals surface area contributed by atoms with Crippen LogP contribution in [0, 0.1) is 27.7 Å². The predicted octanol–water partition coefficient (Wildman–Crippen LogP) is 13.8. The van der Waals surface area contributed by atoms with Gasteiger partial charge in [0, 0.05) is 68.9 Å². The number of nitrogen functional groups attached to an aromatic ring is 2. The first-order valence-corrected chi connectivity index (χ1v) is 26.5. The molecule has 3 amide bonds. The minimum Gasteiger partial charge on any atom is -0.493 e. The van der Waals surface area contributed by atoms with E-state index in [2.05, 4.69) is 103 Å². The number of rotatable bonds is 15. The summed E-state index contributed by atoms with van der Waals surface area (Å²) in [6, 6.07) is 63.1. The molecule has 416 valence electrons. The molecule has 10 aromatic rings. The molecule has 0 saturated heterocycles. The lowest BCUT2D eigenvalue weighted by Gasteiger charge is -2.17. The molecule has 10 rings (SSSR count). The zero-order valence-electron chi connectivity index (χ0n) is 47.0. The van der Waals surface area contributed by atoms with Gasteiger partial charge in [0.25, 0.3) is 17.7 Å². The first-order chi connectivity index (χ1) is 40.1. The Labute approximate surface area is 483 Å².